The van der Waals surface area contributed by atoms with Crippen LogP contribution in [0.25, 0.3) is 6.08 Å². The maximum absolute atomic E-state index is 13.0. The molecule has 0 saturated carbocycles. The van der Waals surface area contributed by atoms with Gasteiger partial charge in [-0.15, -0.1) is 11.3 Å². The number of benzene rings is 2. The minimum absolute atomic E-state index is 0.0235. The van der Waals surface area contributed by atoms with Gasteiger partial charge in [-0.2, -0.15) is 0 Å². The van der Waals surface area contributed by atoms with E-state index < -0.39 is 10.0 Å². The summed E-state index contributed by atoms with van der Waals surface area (Å²) in [6.07, 6.45) is 2.06. The first-order valence-corrected chi connectivity index (χ1v) is 11.9. The number of nitrogens with zero attached hydrogens (tertiary/aromatic N) is 1. The molecule has 2 N–H and O–H groups in total. The molecule has 6 nitrogen and oxygen atoms in total. The van der Waals surface area contributed by atoms with Crippen molar-refractivity contribution in [3.8, 4) is 0 Å². The van der Waals surface area contributed by atoms with Crippen LogP contribution in [0.2, 0.25) is 0 Å². The molecule has 0 aliphatic rings. The summed E-state index contributed by atoms with van der Waals surface area (Å²) < 4.78 is 39.5. The van der Waals surface area contributed by atoms with E-state index in [0.717, 1.165) is 27.1 Å². The number of aryl methyl sites for hydroxylation is 1. The highest BCUT2D eigenvalue weighted by molar-refractivity contribution is 7.92. The number of hydrogen-bond acceptors (Lipinski definition) is 5. The molecule has 3 rings (SSSR count). The van der Waals surface area contributed by atoms with E-state index in [0.29, 0.717) is 11.6 Å². The molecule has 9 heteroatoms. The van der Waals surface area contributed by atoms with Crippen LogP contribution in [0.5, 0.6) is 0 Å². The molecule has 0 saturated heterocycles. The summed E-state index contributed by atoms with van der Waals surface area (Å²) in [7, 11) is -3.64. The molecule has 2 aromatic carbocycles. The van der Waals surface area contributed by atoms with E-state index in [4.69, 9.17) is 0 Å². The van der Waals surface area contributed by atoms with Gasteiger partial charge in [-0.3, -0.25) is 4.79 Å². The number of amides is 1. The monoisotopic (exact) mass is 459 g/mol. The second-order valence-electron chi connectivity index (χ2n) is 6.78. The van der Waals surface area contributed by atoms with Crippen molar-refractivity contribution < 1.29 is 17.6 Å². The lowest BCUT2D eigenvalue weighted by Crippen LogP contribution is -2.26. The number of sulfonamides is 1. The Morgan fingerprint density at radius 2 is 1.84 bits per heavy atom. The number of aromatic nitrogens is 1. The van der Waals surface area contributed by atoms with Crippen molar-refractivity contribution in [3.05, 3.63) is 87.5 Å². The van der Waals surface area contributed by atoms with Crippen molar-refractivity contribution in [3.63, 3.8) is 0 Å². The van der Waals surface area contributed by atoms with Crippen molar-refractivity contribution in [2.24, 2.45) is 0 Å². The second kappa shape index (κ2) is 10.4. The van der Waals surface area contributed by atoms with E-state index in [1.807, 2.05) is 25.1 Å². The minimum atomic E-state index is -3.64. The molecular weight excluding hydrogens is 437 g/mol. The van der Waals surface area contributed by atoms with Crippen LogP contribution in [-0.2, 0) is 21.2 Å². The first-order chi connectivity index (χ1) is 14.8. The number of rotatable bonds is 9. The first-order valence-electron chi connectivity index (χ1n) is 9.54. The smallest absolute Gasteiger partial charge is 0.233 e. The van der Waals surface area contributed by atoms with Crippen LogP contribution >= 0.6 is 11.3 Å². The molecule has 1 heterocycles. The summed E-state index contributed by atoms with van der Waals surface area (Å²) in [5, 5.41) is 4.22. The van der Waals surface area contributed by atoms with Gasteiger partial charge < -0.3 is 5.32 Å². The van der Waals surface area contributed by atoms with Gasteiger partial charge in [0.2, 0.25) is 15.9 Å². The Hall–Kier alpha value is -2.88. The topological polar surface area (TPSA) is 88.2 Å². The van der Waals surface area contributed by atoms with E-state index in [-0.39, 0.29) is 24.7 Å². The van der Waals surface area contributed by atoms with E-state index in [1.54, 1.807) is 24.3 Å². The zero-order valence-electron chi connectivity index (χ0n) is 16.8. The van der Waals surface area contributed by atoms with E-state index in [2.05, 4.69) is 15.0 Å². The Kier molecular flexibility index (Phi) is 7.67. The molecule has 1 aromatic heterocycles. The van der Waals surface area contributed by atoms with Crippen LogP contribution < -0.4 is 10.0 Å². The zero-order valence-corrected chi connectivity index (χ0v) is 18.5. The highest BCUT2D eigenvalue weighted by Gasteiger charge is 2.12. The van der Waals surface area contributed by atoms with Crippen LogP contribution in [0.3, 0.4) is 0 Å². The molecule has 0 aliphatic heterocycles. The van der Waals surface area contributed by atoms with Gasteiger partial charge >= 0.3 is 0 Å². The van der Waals surface area contributed by atoms with Crippen molar-refractivity contribution in [1.29, 1.82) is 0 Å². The number of anilines is 1. The Labute approximate surface area is 184 Å². The largest absolute Gasteiger partial charge is 0.302 e. The van der Waals surface area contributed by atoms with Gasteiger partial charge in [-0.1, -0.05) is 42.5 Å². The lowest BCUT2D eigenvalue weighted by molar-refractivity contribution is -0.116. The summed E-state index contributed by atoms with van der Waals surface area (Å²) >= 11 is 1.34. The Bertz CT molecular complexity index is 1160. The fourth-order valence-electron chi connectivity index (χ4n) is 2.70. The maximum atomic E-state index is 13.0. The van der Waals surface area contributed by atoms with E-state index >= 15 is 0 Å². The van der Waals surface area contributed by atoms with Crippen LogP contribution in [0.4, 0.5) is 9.52 Å². The van der Waals surface area contributed by atoms with Crippen molar-refractivity contribution in [1.82, 2.24) is 9.71 Å². The summed E-state index contributed by atoms with van der Waals surface area (Å²) in [6, 6.07) is 15.3. The van der Waals surface area contributed by atoms with Gasteiger partial charge in [-0.05, 0) is 36.3 Å². The number of halogens is 1. The number of thiazole rings is 1. The quantitative estimate of drug-likeness (QED) is 0.504. The Morgan fingerprint density at radius 3 is 2.55 bits per heavy atom. The Morgan fingerprint density at radius 1 is 1.13 bits per heavy atom. The molecule has 31 heavy (non-hydrogen) atoms. The molecule has 0 bridgehead atoms. The highest BCUT2D eigenvalue weighted by Crippen LogP contribution is 2.25. The van der Waals surface area contributed by atoms with Crippen molar-refractivity contribution in [2.75, 3.05) is 11.9 Å². The predicted octanol–water partition coefficient (Wildman–Crippen LogP) is 4.10. The van der Waals surface area contributed by atoms with Crippen molar-refractivity contribution in [2.45, 2.75) is 19.8 Å². The molecule has 0 unspecified atom stereocenters. The first kappa shape index (κ1) is 22.8. The standard InChI is InChI=1S/C22H22FN3O3S2/c1-16-20(15-18-7-9-19(23)10-8-18)30-22(25-16)26-21(27)11-13-24-31(28,29)14-12-17-5-3-2-4-6-17/h2-10,12,14,24H,11,13,15H2,1H3,(H,25,26,27)/b14-12+. The highest BCUT2D eigenvalue weighted by atomic mass is 32.2. The summed E-state index contributed by atoms with van der Waals surface area (Å²) in [6.45, 7) is 1.82. The number of hydrogen-bond donors (Lipinski definition) is 2. The number of carbonyl (C=O) groups excluding carboxylic acids is 1. The number of nitrogens with one attached hydrogen (secondary N) is 2. The third kappa shape index (κ3) is 7.39. The van der Waals surface area contributed by atoms with Crippen LogP contribution in [0.15, 0.2) is 60.0 Å². The fraction of sp³-hybridized carbons (Fsp3) is 0.182. The molecule has 1 amide bonds. The van der Waals surface area contributed by atoms with Gasteiger partial charge in [0.15, 0.2) is 5.13 Å². The summed E-state index contributed by atoms with van der Waals surface area (Å²) in [4.78, 5) is 17.5. The maximum Gasteiger partial charge on any atom is 0.233 e. The fourth-order valence-corrected chi connectivity index (χ4v) is 4.53. The molecule has 0 radical (unpaired) electrons. The van der Waals surface area contributed by atoms with E-state index in [9.17, 15) is 17.6 Å². The molecule has 0 aliphatic carbocycles. The molecule has 3 aromatic rings. The van der Waals surface area contributed by atoms with E-state index in [1.165, 1.54) is 29.5 Å². The summed E-state index contributed by atoms with van der Waals surface area (Å²) in [5.41, 5.74) is 2.50. The second-order valence-corrected chi connectivity index (χ2v) is 9.52. The van der Waals surface area contributed by atoms with Gasteiger partial charge in [0.1, 0.15) is 5.82 Å². The SMILES string of the molecule is Cc1nc(NC(=O)CCNS(=O)(=O)/C=C/c2ccccc2)sc1Cc1ccc(F)cc1. The molecular formula is C22H22FN3O3S2. The lowest BCUT2D eigenvalue weighted by atomic mass is 10.1. The number of carbonyl (C=O) groups is 1. The molecule has 0 fully saturated rings. The average Bonchev–Trinajstić information content (AvgIpc) is 3.07. The van der Waals surface area contributed by atoms with Gasteiger partial charge in [0, 0.05) is 29.7 Å². The Balaban J connectivity index is 1.48. The minimum Gasteiger partial charge on any atom is -0.302 e. The molecule has 0 atom stereocenters. The predicted molar refractivity (Wildman–Crippen MR) is 122 cm³/mol. The zero-order chi connectivity index (χ0) is 22.3. The van der Waals surface area contributed by atoms with Gasteiger partial charge in [-0.25, -0.2) is 22.5 Å². The van der Waals surface area contributed by atoms with Crippen LogP contribution in [0.1, 0.15) is 28.1 Å². The third-order valence-corrected chi connectivity index (χ3v) is 6.49. The average molecular weight is 460 g/mol. The van der Waals surface area contributed by atoms with Gasteiger partial charge in [0.25, 0.3) is 0 Å². The lowest BCUT2D eigenvalue weighted by Gasteiger charge is -2.03. The van der Waals surface area contributed by atoms with Crippen LogP contribution in [-0.4, -0.2) is 25.9 Å². The van der Waals surface area contributed by atoms with Gasteiger partial charge in [0.05, 0.1) is 5.69 Å². The third-order valence-electron chi connectivity index (χ3n) is 4.31. The van der Waals surface area contributed by atoms with Crippen molar-refractivity contribution >= 4 is 38.5 Å². The van der Waals surface area contributed by atoms with Crippen LogP contribution in [0, 0.1) is 12.7 Å². The summed E-state index contributed by atoms with van der Waals surface area (Å²) in [5.74, 6) is -0.624. The molecule has 162 valence electrons. The molecule has 0 spiro atoms. The normalized spacial score (nSPS) is 11.7.